The predicted molar refractivity (Wildman–Crippen MR) is 79.4 cm³/mol. The Balaban J connectivity index is 2.56. The molecule has 1 heterocycles. The molecular weight excluding hydrogens is 238 g/mol. The third kappa shape index (κ3) is 2.79. The molecular formula is C15H21N3O. The van der Waals surface area contributed by atoms with E-state index in [9.17, 15) is 0 Å². The highest BCUT2D eigenvalue weighted by atomic mass is 16.5. The molecule has 0 atom stereocenters. The van der Waals surface area contributed by atoms with Crippen molar-refractivity contribution in [3.63, 3.8) is 0 Å². The molecule has 0 aliphatic heterocycles. The number of hydrazine groups is 1. The molecule has 2 rings (SSSR count). The lowest BCUT2D eigenvalue weighted by Crippen LogP contribution is -2.12. The van der Waals surface area contributed by atoms with Gasteiger partial charge in [-0.1, -0.05) is 32.9 Å². The Morgan fingerprint density at radius 2 is 2.16 bits per heavy atom. The molecule has 2 aromatic rings. The molecule has 0 fully saturated rings. The molecule has 1 aromatic heterocycles. The first-order valence-electron chi connectivity index (χ1n) is 6.70. The first-order chi connectivity index (χ1) is 9.17. The lowest BCUT2D eigenvalue weighted by atomic mass is 10.0. The second-order valence-corrected chi connectivity index (χ2v) is 4.90. The normalized spacial score (nSPS) is 11.0. The van der Waals surface area contributed by atoms with E-state index in [0.29, 0.717) is 12.5 Å². The van der Waals surface area contributed by atoms with Gasteiger partial charge in [0.25, 0.3) is 0 Å². The zero-order valence-electron chi connectivity index (χ0n) is 11.7. The van der Waals surface area contributed by atoms with Crippen LogP contribution in [0.25, 0.3) is 10.9 Å². The van der Waals surface area contributed by atoms with Gasteiger partial charge in [-0.25, -0.2) is 10.8 Å². The minimum atomic E-state index is 0.364. The van der Waals surface area contributed by atoms with Crippen molar-refractivity contribution in [1.82, 2.24) is 4.98 Å². The van der Waals surface area contributed by atoms with Crippen molar-refractivity contribution in [3.05, 3.63) is 29.8 Å². The average molecular weight is 259 g/mol. The number of pyridine rings is 1. The molecule has 0 unspecified atom stereocenters. The van der Waals surface area contributed by atoms with Gasteiger partial charge in [-0.3, -0.25) is 0 Å². The molecule has 0 amide bonds. The Labute approximate surface area is 113 Å². The van der Waals surface area contributed by atoms with Crippen LogP contribution in [0.4, 0.5) is 5.82 Å². The molecule has 0 bridgehead atoms. The summed E-state index contributed by atoms with van der Waals surface area (Å²) in [4.78, 5) is 4.61. The summed E-state index contributed by atoms with van der Waals surface area (Å²) in [6.45, 7) is 7.03. The average Bonchev–Trinajstić information content (AvgIpc) is 2.43. The van der Waals surface area contributed by atoms with E-state index in [2.05, 4.69) is 37.2 Å². The largest absolute Gasteiger partial charge is 0.491 e. The van der Waals surface area contributed by atoms with Gasteiger partial charge in [0.2, 0.25) is 0 Å². The van der Waals surface area contributed by atoms with Gasteiger partial charge in [-0.15, -0.1) is 0 Å². The van der Waals surface area contributed by atoms with E-state index in [4.69, 9.17) is 10.6 Å². The molecule has 0 saturated heterocycles. The third-order valence-corrected chi connectivity index (χ3v) is 3.06. The molecule has 0 aliphatic rings. The fraction of sp³-hybridized carbons (Fsp3) is 0.400. The summed E-state index contributed by atoms with van der Waals surface area (Å²) in [5, 5.41) is 1.08. The fourth-order valence-electron chi connectivity index (χ4n) is 2.07. The summed E-state index contributed by atoms with van der Waals surface area (Å²) >= 11 is 0. The molecule has 0 aliphatic carbocycles. The number of nitrogens with zero attached hydrogens (tertiary/aromatic N) is 1. The van der Waals surface area contributed by atoms with Crippen LogP contribution in [0.5, 0.6) is 5.75 Å². The summed E-state index contributed by atoms with van der Waals surface area (Å²) in [7, 11) is 0. The minimum Gasteiger partial charge on any atom is -0.491 e. The molecule has 102 valence electrons. The van der Waals surface area contributed by atoms with E-state index in [1.807, 2.05) is 18.2 Å². The van der Waals surface area contributed by atoms with Crippen LogP contribution in [0.2, 0.25) is 0 Å². The second-order valence-electron chi connectivity index (χ2n) is 4.90. The van der Waals surface area contributed by atoms with Crippen molar-refractivity contribution in [2.24, 2.45) is 5.84 Å². The van der Waals surface area contributed by atoms with Crippen molar-refractivity contribution in [1.29, 1.82) is 0 Å². The Kier molecular flexibility index (Phi) is 4.22. The van der Waals surface area contributed by atoms with E-state index >= 15 is 0 Å². The van der Waals surface area contributed by atoms with E-state index < -0.39 is 0 Å². The lowest BCUT2D eigenvalue weighted by molar-refractivity contribution is 0.320. The summed E-state index contributed by atoms with van der Waals surface area (Å²) < 4.78 is 5.74. The van der Waals surface area contributed by atoms with Gasteiger partial charge in [0, 0.05) is 5.39 Å². The van der Waals surface area contributed by atoms with Gasteiger partial charge in [0.1, 0.15) is 17.1 Å². The number of ether oxygens (including phenoxy) is 1. The quantitative estimate of drug-likeness (QED) is 0.638. The maximum Gasteiger partial charge on any atom is 0.145 e. The minimum absolute atomic E-state index is 0.364. The van der Waals surface area contributed by atoms with Crippen LogP contribution >= 0.6 is 0 Å². The first-order valence-corrected chi connectivity index (χ1v) is 6.70. The summed E-state index contributed by atoms with van der Waals surface area (Å²) in [6.07, 6.45) is 0.975. The van der Waals surface area contributed by atoms with Crippen LogP contribution in [0.3, 0.4) is 0 Å². The topological polar surface area (TPSA) is 60.2 Å². The first kappa shape index (κ1) is 13.6. The number of hydrogen-bond acceptors (Lipinski definition) is 4. The Morgan fingerprint density at radius 1 is 1.37 bits per heavy atom. The molecule has 4 heteroatoms. The molecule has 1 aromatic carbocycles. The van der Waals surface area contributed by atoms with Gasteiger partial charge in [-0.2, -0.15) is 0 Å². The maximum atomic E-state index is 5.74. The highest BCUT2D eigenvalue weighted by Gasteiger charge is 2.12. The number of anilines is 1. The van der Waals surface area contributed by atoms with E-state index in [1.54, 1.807) is 0 Å². The Morgan fingerprint density at radius 3 is 2.79 bits per heavy atom. The monoisotopic (exact) mass is 259 g/mol. The maximum absolute atomic E-state index is 5.74. The Hall–Kier alpha value is -1.81. The highest BCUT2D eigenvalue weighted by molar-refractivity contribution is 5.87. The van der Waals surface area contributed by atoms with Gasteiger partial charge in [0.15, 0.2) is 0 Å². The molecule has 4 nitrogen and oxygen atoms in total. The summed E-state index contributed by atoms with van der Waals surface area (Å²) in [5.74, 6) is 7.47. The van der Waals surface area contributed by atoms with Gasteiger partial charge < -0.3 is 10.2 Å². The van der Waals surface area contributed by atoms with Gasteiger partial charge in [-0.05, 0) is 30.0 Å². The Bertz CT molecular complexity index is 567. The number of nitrogen functional groups attached to an aromatic ring is 1. The van der Waals surface area contributed by atoms with Gasteiger partial charge >= 0.3 is 0 Å². The number of nitrogens with two attached hydrogens (primary N) is 1. The van der Waals surface area contributed by atoms with E-state index in [0.717, 1.165) is 34.5 Å². The lowest BCUT2D eigenvalue weighted by Gasteiger charge is -2.14. The van der Waals surface area contributed by atoms with Gasteiger partial charge in [0.05, 0.1) is 6.61 Å². The number of hydrogen-bond donors (Lipinski definition) is 2. The van der Waals surface area contributed by atoms with Crippen LogP contribution in [-0.4, -0.2) is 11.6 Å². The SMILES string of the molecule is CCCOc1cccc2cc(C(C)C)c(NN)nc12. The summed E-state index contributed by atoms with van der Waals surface area (Å²) in [6, 6.07) is 8.11. The molecule has 0 radical (unpaired) electrons. The molecule has 3 N–H and O–H groups in total. The number of nitrogens with one attached hydrogen (secondary N) is 1. The standard InChI is InChI=1S/C15H21N3O/c1-4-8-19-13-7-5-6-11-9-12(10(2)3)15(18-16)17-14(11)13/h5-7,9-10H,4,8,16H2,1-3H3,(H,17,18). The van der Waals surface area contributed by atoms with Crippen molar-refractivity contribution < 1.29 is 4.74 Å². The molecule has 19 heavy (non-hydrogen) atoms. The number of benzene rings is 1. The fourth-order valence-corrected chi connectivity index (χ4v) is 2.07. The number of fused-ring (bicyclic) bond motifs is 1. The van der Waals surface area contributed by atoms with Crippen molar-refractivity contribution in [2.45, 2.75) is 33.1 Å². The zero-order chi connectivity index (χ0) is 13.8. The van der Waals surface area contributed by atoms with E-state index in [1.165, 1.54) is 0 Å². The third-order valence-electron chi connectivity index (χ3n) is 3.06. The van der Waals surface area contributed by atoms with Crippen molar-refractivity contribution in [2.75, 3.05) is 12.0 Å². The van der Waals surface area contributed by atoms with E-state index in [-0.39, 0.29) is 0 Å². The number of para-hydroxylation sites is 1. The molecule has 0 spiro atoms. The van der Waals surface area contributed by atoms with Crippen molar-refractivity contribution in [3.8, 4) is 5.75 Å². The van der Waals surface area contributed by atoms with Crippen LogP contribution in [0.15, 0.2) is 24.3 Å². The van der Waals surface area contributed by atoms with Crippen LogP contribution in [0, 0.1) is 0 Å². The zero-order valence-corrected chi connectivity index (χ0v) is 11.7. The number of rotatable bonds is 5. The summed E-state index contributed by atoms with van der Waals surface area (Å²) in [5.41, 5.74) is 4.65. The molecule has 0 saturated carbocycles. The number of aromatic nitrogens is 1. The second kappa shape index (κ2) is 5.89. The smallest absolute Gasteiger partial charge is 0.145 e. The highest BCUT2D eigenvalue weighted by Crippen LogP contribution is 2.30. The van der Waals surface area contributed by atoms with Crippen LogP contribution in [-0.2, 0) is 0 Å². The predicted octanol–water partition coefficient (Wildman–Crippen LogP) is 3.43. The van der Waals surface area contributed by atoms with Crippen molar-refractivity contribution >= 4 is 16.7 Å². The van der Waals surface area contributed by atoms with Crippen LogP contribution < -0.4 is 16.0 Å². The van der Waals surface area contributed by atoms with Crippen LogP contribution in [0.1, 0.15) is 38.7 Å².